The lowest BCUT2D eigenvalue weighted by atomic mass is 9.94. The van der Waals surface area contributed by atoms with Crippen LogP contribution in [-0.4, -0.2) is 19.4 Å². The summed E-state index contributed by atoms with van der Waals surface area (Å²) in [7, 11) is 1.61. The first-order valence-corrected chi connectivity index (χ1v) is 5.91. The van der Waals surface area contributed by atoms with Crippen LogP contribution in [0.3, 0.4) is 0 Å². The normalized spacial score (nSPS) is 10.4. The number of ketones is 1. The minimum absolute atomic E-state index is 0.118. The van der Waals surface area contributed by atoms with Crippen molar-refractivity contribution >= 4 is 5.78 Å². The Bertz CT molecular complexity index is 425. The zero-order valence-electron chi connectivity index (χ0n) is 11.1. The lowest BCUT2D eigenvalue weighted by Crippen LogP contribution is -2.09. The number of nitrogens with two attached hydrogens (primary N) is 1. The van der Waals surface area contributed by atoms with Crippen LogP contribution >= 0.6 is 0 Å². The average molecular weight is 235 g/mol. The predicted octanol–water partition coefficient (Wildman–Crippen LogP) is 2.54. The highest BCUT2D eigenvalue weighted by Crippen LogP contribution is 2.30. The molecule has 0 spiro atoms. The molecule has 0 unspecified atom stereocenters. The number of hydrogen-bond donors (Lipinski definition) is 1. The van der Waals surface area contributed by atoms with Crippen molar-refractivity contribution in [3.8, 4) is 5.75 Å². The molecule has 0 radical (unpaired) electrons. The van der Waals surface area contributed by atoms with E-state index < -0.39 is 0 Å². The van der Waals surface area contributed by atoms with Crippen LogP contribution in [0.5, 0.6) is 5.75 Å². The van der Waals surface area contributed by atoms with Crippen LogP contribution in [0.25, 0.3) is 0 Å². The lowest BCUT2D eigenvalue weighted by molar-refractivity contribution is 0.0977. The molecular weight excluding hydrogens is 214 g/mol. The summed E-state index contributed by atoms with van der Waals surface area (Å²) in [5, 5.41) is 0. The van der Waals surface area contributed by atoms with Crippen LogP contribution in [0, 0.1) is 20.8 Å². The zero-order chi connectivity index (χ0) is 13.0. The summed E-state index contributed by atoms with van der Waals surface area (Å²) in [6.07, 6.45) is 1.20. The fraction of sp³-hybridized carbons (Fsp3) is 0.500. The van der Waals surface area contributed by atoms with Gasteiger partial charge < -0.3 is 10.5 Å². The Kier molecular flexibility index (Phi) is 4.70. The van der Waals surface area contributed by atoms with Gasteiger partial charge in [0.1, 0.15) is 5.75 Å². The highest BCUT2D eigenvalue weighted by atomic mass is 16.5. The maximum absolute atomic E-state index is 12.1. The van der Waals surface area contributed by atoms with Crippen molar-refractivity contribution in [2.75, 3.05) is 13.7 Å². The Morgan fingerprint density at radius 3 is 2.47 bits per heavy atom. The molecule has 0 bridgehead atoms. The molecule has 3 nitrogen and oxygen atoms in total. The van der Waals surface area contributed by atoms with Crippen molar-refractivity contribution in [3.63, 3.8) is 0 Å². The Balaban J connectivity index is 3.22. The predicted molar refractivity (Wildman–Crippen MR) is 69.8 cm³/mol. The summed E-state index contributed by atoms with van der Waals surface area (Å²) < 4.78 is 5.39. The first-order valence-electron chi connectivity index (χ1n) is 5.91. The van der Waals surface area contributed by atoms with E-state index in [0.717, 1.165) is 16.7 Å². The number of carbonyl (C=O) groups is 1. The minimum atomic E-state index is 0.118. The molecule has 1 aromatic rings. The van der Waals surface area contributed by atoms with E-state index in [-0.39, 0.29) is 5.78 Å². The Hall–Kier alpha value is -1.35. The van der Waals surface area contributed by atoms with Gasteiger partial charge >= 0.3 is 0 Å². The summed E-state index contributed by atoms with van der Waals surface area (Å²) in [5.74, 6) is 0.831. The van der Waals surface area contributed by atoms with Crippen molar-refractivity contribution in [1.29, 1.82) is 0 Å². The van der Waals surface area contributed by atoms with Crippen molar-refractivity contribution in [2.45, 2.75) is 33.6 Å². The number of benzene rings is 1. The van der Waals surface area contributed by atoms with Crippen LogP contribution in [0.1, 0.15) is 39.9 Å². The van der Waals surface area contributed by atoms with Gasteiger partial charge in [-0.25, -0.2) is 0 Å². The average Bonchev–Trinajstić information content (AvgIpc) is 2.30. The quantitative estimate of drug-likeness (QED) is 0.798. The molecule has 0 aromatic heterocycles. The van der Waals surface area contributed by atoms with Crippen LogP contribution < -0.4 is 10.5 Å². The molecule has 17 heavy (non-hydrogen) atoms. The van der Waals surface area contributed by atoms with E-state index in [1.54, 1.807) is 7.11 Å². The first-order chi connectivity index (χ1) is 8.02. The molecule has 0 heterocycles. The van der Waals surface area contributed by atoms with Crippen LogP contribution in [0.15, 0.2) is 6.07 Å². The third-order valence-corrected chi connectivity index (χ3v) is 3.08. The summed E-state index contributed by atoms with van der Waals surface area (Å²) in [6.45, 7) is 6.49. The second-order valence-corrected chi connectivity index (χ2v) is 4.36. The molecule has 0 saturated carbocycles. The van der Waals surface area contributed by atoms with Gasteiger partial charge in [-0.05, 0) is 50.4 Å². The van der Waals surface area contributed by atoms with Crippen molar-refractivity contribution in [3.05, 3.63) is 28.3 Å². The first kappa shape index (κ1) is 13.7. The molecule has 0 atom stereocenters. The van der Waals surface area contributed by atoms with E-state index in [4.69, 9.17) is 10.5 Å². The molecule has 1 aromatic carbocycles. The van der Waals surface area contributed by atoms with E-state index in [0.29, 0.717) is 30.7 Å². The number of aryl methyl sites for hydroxylation is 2. The molecular formula is C14H21NO2. The van der Waals surface area contributed by atoms with E-state index in [2.05, 4.69) is 0 Å². The number of ether oxygens (including phenoxy) is 1. The molecule has 0 saturated heterocycles. The monoisotopic (exact) mass is 235 g/mol. The third kappa shape index (κ3) is 2.86. The summed E-state index contributed by atoms with van der Waals surface area (Å²) in [4.78, 5) is 12.1. The lowest BCUT2D eigenvalue weighted by Gasteiger charge is -2.15. The van der Waals surface area contributed by atoms with Gasteiger partial charge in [-0.3, -0.25) is 4.79 Å². The summed E-state index contributed by atoms with van der Waals surface area (Å²) in [6, 6.07) is 2.04. The van der Waals surface area contributed by atoms with Crippen molar-refractivity contribution in [1.82, 2.24) is 0 Å². The highest BCUT2D eigenvalue weighted by molar-refractivity contribution is 6.00. The Morgan fingerprint density at radius 1 is 1.29 bits per heavy atom. The third-order valence-electron chi connectivity index (χ3n) is 3.08. The number of methoxy groups -OCH3 is 1. The molecule has 2 N–H and O–H groups in total. The second kappa shape index (κ2) is 5.82. The van der Waals surface area contributed by atoms with Crippen molar-refractivity contribution < 1.29 is 9.53 Å². The summed E-state index contributed by atoms with van der Waals surface area (Å²) in [5.41, 5.74) is 9.31. The molecule has 1 rings (SSSR count). The minimum Gasteiger partial charge on any atom is -0.496 e. The number of Topliss-reactive ketones (excluding diaryl/α,β-unsaturated/α-hetero) is 1. The number of carbonyl (C=O) groups excluding carboxylic acids is 1. The topological polar surface area (TPSA) is 52.3 Å². The molecule has 0 aliphatic rings. The second-order valence-electron chi connectivity index (χ2n) is 4.36. The maximum Gasteiger partial charge on any atom is 0.166 e. The van der Waals surface area contributed by atoms with Gasteiger partial charge in [0.15, 0.2) is 5.78 Å². The molecule has 0 fully saturated rings. The number of hydrogen-bond acceptors (Lipinski definition) is 3. The van der Waals surface area contributed by atoms with E-state index in [1.165, 1.54) is 0 Å². The Morgan fingerprint density at radius 2 is 1.94 bits per heavy atom. The highest BCUT2D eigenvalue weighted by Gasteiger charge is 2.18. The maximum atomic E-state index is 12.1. The van der Waals surface area contributed by atoms with Gasteiger partial charge in [0.2, 0.25) is 0 Å². The number of rotatable bonds is 5. The smallest absolute Gasteiger partial charge is 0.166 e. The molecule has 0 aliphatic heterocycles. The molecule has 0 amide bonds. The van der Waals surface area contributed by atoms with E-state index in [9.17, 15) is 4.79 Å². The molecule has 0 aliphatic carbocycles. The van der Waals surface area contributed by atoms with Gasteiger partial charge in [-0.2, -0.15) is 0 Å². The van der Waals surface area contributed by atoms with Gasteiger partial charge in [-0.1, -0.05) is 6.07 Å². The van der Waals surface area contributed by atoms with E-state index >= 15 is 0 Å². The van der Waals surface area contributed by atoms with E-state index in [1.807, 2.05) is 26.8 Å². The summed E-state index contributed by atoms with van der Waals surface area (Å²) >= 11 is 0. The Labute approximate surface area is 103 Å². The fourth-order valence-corrected chi connectivity index (χ4v) is 2.04. The molecule has 3 heteroatoms. The van der Waals surface area contributed by atoms with Gasteiger partial charge in [-0.15, -0.1) is 0 Å². The van der Waals surface area contributed by atoms with Gasteiger partial charge in [0.05, 0.1) is 12.7 Å². The van der Waals surface area contributed by atoms with Crippen LogP contribution in [-0.2, 0) is 0 Å². The van der Waals surface area contributed by atoms with Crippen LogP contribution in [0.4, 0.5) is 0 Å². The molecule has 94 valence electrons. The zero-order valence-corrected chi connectivity index (χ0v) is 11.1. The van der Waals surface area contributed by atoms with Crippen molar-refractivity contribution in [2.24, 2.45) is 5.73 Å². The van der Waals surface area contributed by atoms with Gasteiger partial charge in [0.25, 0.3) is 0 Å². The van der Waals surface area contributed by atoms with Gasteiger partial charge in [0, 0.05) is 6.42 Å². The fourth-order valence-electron chi connectivity index (χ4n) is 2.04. The van der Waals surface area contributed by atoms with Crippen LogP contribution in [0.2, 0.25) is 0 Å². The standard InChI is InChI=1S/C14H21NO2/c1-9-8-10(2)13(12(16)6-5-7-15)14(17-4)11(9)3/h8H,5-7,15H2,1-4H3. The SMILES string of the molecule is COc1c(C)c(C)cc(C)c1C(=O)CCCN. The largest absolute Gasteiger partial charge is 0.496 e.